The van der Waals surface area contributed by atoms with Gasteiger partial charge in [0, 0.05) is 0 Å². The quantitative estimate of drug-likeness (QED) is 0.172. The molecule has 0 aliphatic heterocycles. The van der Waals surface area contributed by atoms with E-state index in [1.54, 1.807) is 6.08 Å². The Kier molecular flexibility index (Phi) is 10.3. The fraction of sp³-hybridized carbons (Fsp3) is 0.533. The fourth-order valence-electron chi connectivity index (χ4n) is 5.03. The van der Waals surface area contributed by atoms with Crippen LogP contribution in [0.4, 0.5) is 13.2 Å². The van der Waals surface area contributed by atoms with Gasteiger partial charge >= 0.3 is 6.18 Å². The lowest BCUT2D eigenvalue weighted by atomic mass is 9.77. The van der Waals surface area contributed by atoms with Crippen LogP contribution in [0, 0.1) is 24.2 Å². The zero-order valence-electron chi connectivity index (χ0n) is 22.9. The third-order valence-corrected chi connectivity index (χ3v) is 7.18. The van der Waals surface area contributed by atoms with Gasteiger partial charge in [-0.2, -0.15) is 13.2 Å². The lowest BCUT2D eigenvalue weighted by Crippen LogP contribution is -2.21. The van der Waals surface area contributed by atoms with Crippen LogP contribution in [0.5, 0.6) is 0 Å². The van der Waals surface area contributed by atoms with Crippen LogP contribution >= 0.6 is 0 Å². The van der Waals surface area contributed by atoms with Crippen LogP contribution in [-0.2, 0) is 4.74 Å². The SMILES string of the molecule is C/C=C(\C=C(\OC)C(C)=NC(=N)C(F)(F)F)C(/C)=C(/c1cc(C2CCC(C)CC2)ccc1C)C(C)C. The Balaban J connectivity index is 2.56. The molecule has 0 amide bonds. The van der Waals surface area contributed by atoms with Crippen molar-refractivity contribution in [2.24, 2.45) is 16.8 Å². The van der Waals surface area contributed by atoms with Gasteiger partial charge in [0.25, 0.3) is 0 Å². The number of nitrogens with one attached hydrogen (secondary N) is 1. The molecule has 0 atom stereocenters. The molecule has 1 aliphatic rings. The van der Waals surface area contributed by atoms with Gasteiger partial charge in [-0.15, -0.1) is 0 Å². The Bertz CT molecular complexity index is 1070. The third-order valence-electron chi connectivity index (χ3n) is 7.18. The van der Waals surface area contributed by atoms with Crippen molar-refractivity contribution in [1.82, 2.24) is 0 Å². The number of halogens is 3. The molecule has 1 aliphatic carbocycles. The second kappa shape index (κ2) is 12.6. The van der Waals surface area contributed by atoms with Crippen LogP contribution < -0.4 is 0 Å². The summed E-state index contributed by atoms with van der Waals surface area (Å²) in [6, 6.07) is 6.83. The van der Waals surface area contributed by atoms with Gasteiger partial charge in [0.05, 0.1) is 12.8 Å². The fourth-order valence-corrected chi connectivity index (χ4v) is 5.03. The Morgan fingerprint density at radius 1 is 1.14 bits per heavy atom. The highest BCUT2D eigenvalue weighted by Gasteiger charge is 2.34. The number of methoxy groups -OCH3 is 1. The van der Waals surface area contributed by atoms with Crippen molar-refractivity contribution >= 4 is 17.1 Å². The van der Waals surface area contributed by atoms with Gasteiger partial charge in [-0.3, -0.25) is 5.41 Å². The molecular weight excluding hydrogens is 461 g/mol. The number of benzene rings is 1. The Labute approximate surface area is 214 Å². The van der Waals surface area contributed by atoms with E-state index in [9.17, 15) is 13.2 Å². The molecule has 2 rings (SSSR count). The average molecular weight is 503 g/mol. The van der Waals surface area contributed by atoms with E-state index in [-0.39, 0.29) is 17.4 Å². The van der Waals surface area contributed by atoms with Crippen LogP contribution in [-0.4, -0.2) is 24.8 Å². The monoisotopic (exact) mass is 502 g/mol. The predicted molar refractivity (Wildman–Crippen MR) is 145 cm³/mol. The van der Waals surface area contributed by atoms with Crippen molar-refractivity contribution in [1.29, 1.82) is 5.41 Å². The van der Waals surface area contributed by atoms with Crippen LogP contribution in [0.2, 0.25) is 0 Å². The summed E-state index contributed by atoms with van der Waals surface area (Å²) in [7, 11) is 1.40. The summed E-state index contributed by atoms with van der Waals surface area (Å²) in [4.78, 5) is 3.43. The molecule has 0 spiro atoms. The maximum atomic E-state index is 12.8. The van der Waals surface area contributed by atoms with E-state index in [0.717, 1.165) is 17.1 Å². The number of nitrogens with zero attached hydrogens (tertiary/aromatic N) is 1. The summed E-state index contributed by atoms with van der Waals surface area (Å²) in [6.07, 6.45) is 3.80. The topological polar surface area (TPSA) is 45.4 Å². The Morgan fingerprint density at radius 2 is 1.75 bits per heavy atom. The van der Waals surface area contributed by atoms with Gasteiger partial charge < -0.3 is 4.74 Å². The lowest BCUT2D eigenvalue weighted by molar-refractivity contribution is -0.0604. The average Bonchev–Trinajstić information content (AvgIpc) is 2.80. The molecule has 0 aromatic heterocycles. The van der Waals surface area contributed by atoms with E-state index in [4.69, 9.17) is 10.1 Å². The van der Waals surface area contributed by atoms with E-state index in [1.165, 1.54) is 62.0 Å². The van der Waals surface area contributed by atoms with Crippen LogP contribution in [0.3, 0.4) is 0 Å². The number of aryl methyl sites for hydroxylation is 1. The number of alkyl halides is 3. The van der Waals surface area contributed by atoms with Crippen molar-refractivity contribution < 1.29 is 17.9 Å². The van der Waals surface area contributed by atoms with Crippen LogP contribution in [0.25, 0.3) is 5.57 Å². The molecule has 6 heteroatoms. The minimum atomic E-state index is -4.80. The van der Waals surface area contributed by atoms with E-state index in [1.807, 2.05) is 19.9 Å². The summed E-state index contributed by atoms with van der Waals surface area (Å²) >= 11 is 0. The minimum absolute atomic E-state index is 0.00257. The first kappa shape index (κ1) is 29.6. The number of amidine groups is 1. The molecule has 36 heavy (non-hydrogen) atoms. The summed E-state index contributed by atoms with van der Waals surface area (Å²) < 4.78 is 43.9. The summed E-state index contributed by atoms with van der Waals surface area (Å²) in [5.41, 5.74) is 6.90. The van der Waals surface area contributed by atoms with Crippen LogP contribution in [0.15, 0.2) is 52.2 Å². The molecule has 1 fully saturated rings. The van der Waals surface area contributed by atoms with Gasteiger partial charge in [0.2, 0.25) is 5.84 Å². The maximum absolute atomic E-state index is 12.8. The van der Waals surface area contributed by atoms with Gasteiger partial charge in [0.15, 0.2) is 0 Å². The van der Waals surface area contributed by atoms with E-state index >= 15 is 0 Å². The number of hydrogen-bond donors (Lipinski definition) is 1. The van der Waals surface area contributed by atoms with E-state index in [0.29, 0.717) is 5.92 Å². The highest BCUT2D eigenvalue weighted by atomic mass is 19.4. The zero-order chi connectivity index (χ0) is 27.2. The smallest absolute Gasteiger partial charge is 0.450 e. The highest BCUT2D eigenvalue weighted by molar-refractivity contribution is 6.05. The first-order chi connectivity index (χ1) is 16.8. The molecule has 1 aromatic rings. The molecule has 0 bridgehead atoms. The maximum Gasteiger partial charge on any atom is 0.450 e. The number of hydrogen-bond acceptors (Lipinski definition) is 2. The Hall–Kier alpha value is -2.63. The molecule has 0 saturated heterocycles. The second-order valence-corrected chi connectivity index (χ2v) is 10.2. The minimum Gasteiger partial charge on any atom is -0.495 e. The number of aliphatic imine (C=N–C) groups is 1. The van der Waals surface area contributed by atoms with E-state index in [2.05, 4.69) is 50.9 Å². The zero-order valence-corrected chi connectivity index (χ0v) is 22.9. The lowest BCUT2D eigenvalue weighted by Gasteiger charge is -2.28. The number of rotatable bonds is 7. The normalized spacial score (nSPS) is 20.9. The van der Waals surface area contributed by atoms with Gasteiger partial charge in [-0.05, 0) is 97.8 Å². The van der Waals surface area contributed by atoms with Gasteiger partial charge in [-0.1, -0.05) is 57.9 Å². The van der Waals surface area contributed by atoms with Crippen molar-refractivity contribution in [2.45, 2.75) is 86.2 Å². The molecule has 198 valence electrons. The largest absolute Gasteiger partial charge is 0.495 e. The molecule has 3 nitrogen and oxygen atoms in total. The third kappa shape index (κ3) is 7.44. The summed E-state index contributed by atoms with van der Waals surface area (Å²) in [5.74, 6) is 0.155. The Morgan fingerprint density at radius 3 is 2.25 bits per heavy atom. The molecule has 1 aromatic carbocycles. The molecule has 0 heterocycles. The van der Waals surface area contributed by atoms with Crippen molar-refractivity contribution in [3.8, 4) is 0 Å². The summed E-state index contributed by atoms with van der Waals surface area (Å²) in [5, 5.41) is 7.21. The number of ether oxygens (including phenoxy) is 1. The van der Waals surface area contributed by atoms with Crippen molar-refractivity contribution in [2.75, 3.05) is 7.11 Å². The number of allylic oxidation sites excluding steroid dienone is 6. The molecule has 0 radical (unpaired) electrons. The van der Waals surface area contributed by atoms with E-state index < -0.39 is 12.0 Å². The molecular formula is C30H41F3N2O. The predicted octanol–water partition coefficient (Wildman–Crippen LogP) is 9.20. The first-order valence-electron chi connectivity index (χ1n) is 12.8. The highest BCUT2D eigenvalue weighted by Crippen LogP contribution is 2.39. The van der Waals surface area contributed by atoms with Crippen molar-refractivity contribution in [3.63, 3.8) is 0 Å². The summed E-state index contributed by atoms with van der Waals surface area (Å²) in [6.45, 7) is 14.2. The first-order valence-corrected chi connectivity index (χ1v) is 12.8. The molecule has 0 unspecified atom stereocenters. The van der Waals surface area contributed by atoms with Gasteiger partial charge in [-0.25, -0.2) is 4.99 Å². The second-order valence-electron chi connectivity index (χ2n) is 10.2. The van der Waals surface area contributed by atoms with Crippen LogP contribution in [0.1, 0.15) is 89.8 Å². The standard InChI is InChI=1S/C30H41F3N2O/c1-9-23(17-27(36-8)22(7)35-29(34)30(31,32)33)21(6)28(18(2)3)26-16-25(15-12-20(26)5)24-13-10-19(4)11-14-24/h9,12,15-19,24,34H,10-11,13-14H2,1-8H3/b23-9+,27-17+,28-21+,34-29?,35-22?. The van der Waals surface area contributed by atoms with Crippen molar-refractivity contribution in [3.05, 3.63) is 63.9 Å². The molecule has 1 N–H and O–H groups in total. The molecule has 1 saturated carbocycles. The van der Waals surface area contributed by atoms with Gasteiger partial charge in [0.1, 0.15) is 5.76 Å².